The minimum atomic E-state index is -4.23. The van der Waals surface area contributed by atoms with Crippen LogP contribution in [0.1, 0.15) is 13.3 Å². The highest BCUT2D eigenvalue weighted by Crippen LogP contribution is 2.28. The summed E-state index contributed by atoms with van der Waals surface area (Å²) >= 11 is 0. The predicted molar refractivity (Wildman–Crippen MR) is 71.6 cm³/mol. The second kappa shape index (κ2) is 5.54. The molecule has 0 amide bonds. The first-order valence-electron chi connectivity index (χ1n) is 6.09. The molecule has 0 radical (unpaired) electrons. The molecule has 1 aliphatic heterocycles. The minimum absolute atomic E-state index is 0.345. The SMILES string of the molecule is CC1OCCC1NS(=O)(=O)c1c(N)cc([N+](=O)[O-])cc1F. The van der Waals surface area contributed by atoms with Gasteiger partial charge in [-0.15, -0.1) is 0 Å². The summed E-state index contributed by atoms with van der Waals surface area (Å²) in [5.74, 6) is -1.26. The van der Waals surface area contributed by atoms with Crippen LogP contribution in [0.3, 0.4) is 0 Å². The van der Waals surface area contributed by atoms with Crippen molar-refractivity contribution in [2.75, 3.05) is 12.3 Å². The summed E-state index contributed by atoms with van der Waals surface area (Å²) in [6.07, 6.45) is 0.108. The minimum Gasteiger partial charge on any atom is -0.397 e. The molecule has 1 saturated heterocycles. The maximum absolute atomic E-state index is 13.9. The van der Waals surface area contributed by atoms with E-state index in [1.807, 2.05) is 0 Å². The zero-order chi connectivity index (χ0) is 15.8. The van der Waals surface area contributed by atoms with Crippen LogP contribution < -0.4 is 10.5 Å². The lowest BCUT2D eigenvalue weighted by atomic mass is 10.2. The number of nitrogen functional groups attached to an aromatic ring is 1. The molecule has 0 bridgehead atoms. The number of sulfonamides is 1. The van der Waals surface area contributed by atoms with E-state index in [4.69, 9.17) is 10.5 Å². The molecule has 0 spiro atoms. The highest BCUT2D eigenvalue weighted by atomic mass is 32.2. The van der Waals surface area contributed by atoms with Gasteiger partial charge in [-0.3, -0.25) is 10.1 Å². The van der Waals surface area contributed by atoms with Crippen LogP contribution in [0.25, 0.3) is 0 Å². The molecule has 0 aliphatic carbocycles. The van der Waals surface area contributed by atoms with Crippen LogP contribution >= 0.6 is 0 Å². The quantitative estimate of drug-likeness (QED) is 0.480. The third-order valence-electron chi connectivity index (χ3n) is 3.22. The fourth-order valence-electron chi connectivity index (χ4n) is 2.13. The van der Waals surface area contributed by atoms with Gasteiger partial charge in [0.25, 0.3) is 5.69 Å². The number of nitro groups is 1. The van der Waals surface area contributed by atoms with E-state index in [2.05, 4.69) is 4.72 Å². The number of nitrogens with one attached hydrogen (secondary N) is 1. The highest BCUT2D eigenvalue weighted by Gasteiger charge is 2.32. The molecule has 2 atom stereocenters. The number of hydrogen-bond acceptors (Lipinski definition) is 6. The molecule has 1 aliphatic rings. The summed E-state index contributed by atoms with van der Waals surface area (Å²) in [4.78, 5) is 8.95. The van der Waals surface area contributed by atoms with Gasteiger partial charge in [-0.05, 0) is 13.3 Å². The predicted octanol–water partition coefficient (Wildman–Crippen LogP) is 0.772. The molecule has 21 heavy (non-hydrogen) atoms. The maximum Gasteiger partial charge on any atom is 0.274 e. The van der Waals surface area contributed by atoms with Crippen LogP contribution in [0, 0.1) is 15.9 Å². The van der Waals surface area contributed by atoms with E-state index in [0.29, 0.717) is 19.1 Å². The molecular formula is C11H14FN3O5S. The van der Waals surface area contributed by atoms with Gasteiger partial charge in [0.15, 0.2) is 5.82 Å². The van der Waals surface area contributed by atoms with E-state index < -0.39 is 43.1 Å². The standard InChI is InChI=1S/C11H14FN3O5S/c1-6-10(2-3-20-6)14-21(18,19)11-8(12)4-7(15(16)17)5-9(11)13/h4-6,10,14H,2-3,13H2,1H3. The van der Waals surface area contributed by atoms with E-state index in [0.717, 1.165) is 6.07 Å². The number of nitro benzene ring substituents is 1. The lowest BCUT2D eigenvalue weighted by molar-refractivity contribution is -0.385. The van der Waals surface area contributed by atoms with Gasteiger partial charge in [0.05, 0.1) is 28.8 Å². The lowest BCUT2D eigenvalue weighted by Crippen LogP contribution is -2.39. The van der Waals surface area contributed by atoms with Crippen molar-refractivity contribution < 1.29 is 22.5 Å². The van der Waals surface area contributed by atoms with Crippen LogP contribution in [0.4, 0.5) is 15.8 Å². The van der Waals surface area contributed by atoms with Gasteiger partial charge in [-0.25, -0.2) is 17.5 Å². The van der Waals surface area contributed by atoms with Crippen molar-refractivity contribution in [3.8, 4) is 0 Å². The van der Waals surface area contributed by atoms with Gasteiger partial charge >= 0.3 is 0 Å². The van der Waals surface area contributed by atoms with Crippen LogP contribution in [-0.4, -0.2) is 32.1 Å². The van der Waals surface area contributed by atoms with E-state index in [-0.39, 0.29) is 6.10 Å². The lowest BCUT2D eigenvalue weighted by Gasteiger charge is -2.17. The number of nitrogens with two attached hydrogens (primary N) is 1. The molecule has 3 N–H and O–H groups in total. The number of nitrogens with zero attached hydrogens (tertiary/aromatic N) is 1. The smallest absolute Gasteiger partial charge is 0.274 e. The van der Waals surface area contributed by atoms with E-state index >= 15 is 0 Å². The number of halogens is 1. The van der Waals surface area contributed by atoms with E-state index in [1.54, 1.807) is 6.92 Å². The molecule has 1 aromatic rings. The van der Waals surface area contributed by atoms with Crippen LogP contribution in [0.15, 0.2) is 17.0 Å². The zero-order valence-electron chi connectivity index (χ0n) is 11.1. The first kappa shape index (κ1) is 15.6. The fraction of sp³-hybridized carbons (Fsp3) is 0.455. The summed E-state index contributed by atoms with van der Waals surface area (Å²) < 4.78 is 45.8. The zero-order valence-corrected chi connectivity index (χ0v) is 11.9. The van der Waals surface area contributed by atoms with E-state index in [1.165, 1.54) is 0 Å². The van der Waals surface area contributed by atoms with Crippen molar-refractivity contribution >= 4 is 21.4 Å². The topological polar surface area (TPSA) is 125 Å². The van der Waals surface area contributed by atoms with Gasteiger partial charge in [-0.1, -0.05) is 0 Å². The average Bonchev–Trinajstić information content (AvgIpc) is 2.72. The Bertz CT molecular complexity index is 655. The molecule has 0 aromatic heterocycles. The Morgan fingerprint density at radius 2 is 2.19 bits per heavy atom. The monoisotopic (exact) mass is 319 g/mol. The van der Waals surface area contributed by atoms with Gasteiger partial charge in [-0.2, -0.15) is 0 Å². The Hall–Kier alpha value is -1.78. The second-order valence-corrected chi connectivity index (χ2v) is 6.35. The van der Waals surface area contributed by atoms with Gasteiger partial charge < -0.3 is 10.5 Å². The van der Waals surface area contributed by atoms with Crippen molar-refractivity contribution in [1.29, 1.82) is 0 Å². The Morgan fingerprint density at radius 1 is 1.52 bits per heavy atom. The Labute approximate surface area is 120 Å². The fourth-order valence-corrected chi connectivity index (χ4v) is 3.64. The number of benzene rings is 1. The summed E-state index contributed by atoms with van der Waals surface area (Å²) in [7, 11) is -4.23. The number of anilines is 1. The van der Waals surface area contributed by atoms with Crippen molar-refractivity contribution in [2.24, 2.45) is 0 Å². The molecule has 10 heteroatoms. The Balaban J connectivity index is 2.38. The molecular weight excluding hydrogens is 305 g/mol. The summed E-state index contributed by atoms with van der Waals surface area (Å²) in [5.41, 5.74) is 4.34. The summed E-state index contributed by atoms with van der Waals surface area (Å²) in [5, 5.41) is 10.6. The molecule has 0 saturated carbocycles. The molecule has 116 valence electrons. The van der Waals surface area contributed by atoms with Crippen LogP contribution in [0.2, 0.25) is 0 Å². The third-order valence-corrected chi connectivity index (χ3v) is 4.80. The van der Waals surface area contributed by atoms with Crippen LogP contribution in [-0.2, 0) is 14.8 Å². The summed E-state index contributed by atoms with van der Waals surface area (Å²) in [6, 6.07) is 0.843. The maximum atomic E-state index is 13.9. The van der Waals surface area contributed by atoms with Gasteiger partial charge in [0, 0.05) is 12.7 Å². The average molecular weight is 319 g/mol. The normalized spacial score (nSPS) is 22.4. The van der Waals surface area contributed by atoms with Gasteiger partial charge in [0.2, 0.25) is 10.0 Å². The van der Waals surface area contributed by atoms with E-state index in [9.17, 15) is 22.9 Å². The summed E-state index contributed by atoms with van der Waals surface area (Å²) in [6.45, 7) is 2.09. The van der Waals surface area contributed by atoms with Crippen molar-refractivity contribution in [3.63, 3.8) is 0 Å². The number of ether oxygens (including phenoxy) is 1. The second-order valence-electron chi connectivity index (χ2n) is 4.70. The van der Waals surface area contributed by atoms with Crippen LogP contribution in [0.5, 0.6) is 0 Å². The largest absolute Gasteiger partial charge is 0.397 e. The first-order valence-corrected chi connectivity index (χ1v) is 7.58. The number of hydrogen-bond donors (Lipinski definition) is 2. The molecule has 1 fully saturated rings. The number of rotatable bonds is 4. The number of non-ortho nitro benzene ring substituents is 1. The van der Waals surface area contributed by atoms with Crippen molar-refractivity contribution in [3.05, 3.63) is 28.1 Å². The Morgan fingerprint density at radius 3 is 2.67 bits per heavy atom. The van der Waals surface area contributed by atoms with Gasteiger partial charge in [0.1, 0.15) is 4.90 Å². The molecule has 2 unspecified atom stereocenters. The molecule has 2 rings (SSSR count). The molecule has 1 heterocycles. The molecule has 8 nitrogen and oxygen atoms in total. The first-order chi connectivity index (χ1) is 9.72. The molecule has 1 aromatic carbocycles. The highest BCUT2D eigenvalue weighted by molar-refractivity contribution is 7.89. The Kier molecular flexibility index (Phi) is 4.12. The van der Waals surface area contributed by atoms with Crippen molar-refractivity contribution in [2.45, 2.75) is 30.4 Å². The third kappa shape index (κ3) is 3.12. The van der Waals surface area contributed by atoms with Crippen molar-refractivity contribution in [1.82, 2.24) is 4.72 Å².